The smallest absolute Gasteiger partial charge is 0.228 e. The van der Waals surface area contributed by atoms with Crippen LogP contribution in [0.15, 0.2) is 22.7 Å². The first-order valence-corrected chi connectivity index (χ1v) is 8.16. The second-order valence-corrected chi connectivity index (χ2v) is 6.70. The molecule has 0 radical (unpaired) electrons. The minimum atomic E-state index is -0.429. The van der Waals surface area contributed by atoms with Gasteiger partial charge in [-0.1, -0.05) is 33.6 Å². The SMILES string of the molecule is COCC1(C(=O)NCc2ccc(Br)cc2Cl)CCNCC1. The number of carbonyl (C=O) groups excluding carboxylic acids is 1. The van der Waals surface area contributed by atoms with E-state index >= 15 is 0 Å². The molecule has 1 aliphatic rings. The number of hydrogen-bond acceptors (Lipinski definition) is 3. The van der Waals surface area contributed by atoms with E-state index < -0.39 is 5.41 Å². The molecule has 1 aromatic rings. The number of benzene rings is 1. The molecule has 0 aliphatic carbocycles. The zero-order valence-electron chi connectivity index (χ0n) is 12.0. The molecule has 2 rings (SSSR count). The summed E-state index contributed by atoms with van der Waals surface area (Å²) in [5.41, 5.74) is 0.483. The van der Waals surface area contributed by atoms with E-state index in [0.29, 0.717) is 18.2 Å². The molecule has 21 heavy (non-hydrogen) atoms. The number of hydrogen-bond donors (Lipinski definition) is 2. The van der Waals surface area contributed by atoms with Crippen LogP contribution in [0.25, 0.3) is 0 Å². The number of carbonyl (C=O) groups is 1. The molecule has 6 heteroatoms. The molecule has 1 fully saturated rings. The fraction of sp³-hybridized carbons (Fsp3) is 0.533. The summed E-state index contributed by atoms with van der Waals surface area (Å²) in [6.07, 6.45) is 1.58. The van der Waals surface area contributed by atoms with Crippen LogP contribution in [0.4, 0.5) is 0 Å². The van der Waals surface area contributed by atoms with E-state index in [4.69, 9.17) is 16.3 Å². The number of methoxy groups -OCH3 is 1. The second-order valence-electron chi connectivity index (χ2n) is 5.38. The monoisotopic (exact) mass is 374 g/mol. The Morgan fingerprint density at radius 2 is 2.19 bits per heavy atom. The third-order valence-electron chi connectivity index (χ3n) is 3.92. The van der Waals surface area contributed by atoms with Gasteiger partial charge in [0.2, 0.25) is 5.91 Å². The van der Waals surface area contributed by atoms with Gasteiger partial charge in [0, 0.05) is 23.1 Å². The lowest BCUT2D eigenvalue weighted by molar-refractivity contribution is -0.136. The molecule has 0 atom stereocenters. The van der Waals surface area contributed by atoms with E-state index in [-0.39, 0.29) is 5.91 Å². The Kier molecular flexibility index (Phi) is 6.05. The van der Waals surface area contributed by atoms with E-state index in [1.807, 2.05) is 18.2 Å². The Labute approximate surface area is 138 Å². The quantitative estimate of drug-likeness (QED) is 0.832. The van der Waals surface area contributed by atoms with E-state index in [1.54, 1.807) is 7.11 Å². The van der Waals surface area contributed by atoms with Crippen molar-refractivity contribution >= 4 is 33.4 Å². The van der Waals surface area contributed by atoms with Crippen molar-refractivity contribution in [1.29, 1.82) is 0 Å². The molecule has 1 heterocycles. The first-order chi connectivity index (χ1) is 10.1. The summed E-state index contributed by atoms with van der Waals surface area (Å²) in [4.78, 5) is 12.6. The van der Waals surface area contributed by atoms with Gasteiger partial charge in [-0.25, -0.2) is 0 Å². The highest BCUT2D eigenvalue weighted by atomic mass is 79.9. The van der Waals surface area contributed by atoms with Gasteiger partial charge in [0.05, 0.1) is 12.0 Å². The minimum absolute atomic E-state index is 0.0461. The van der Waals surface area contributed by atoms with Gasteiger partial charge in [-0.2, -0.15) is 0 Å². The van der Waals surface area contributed by atoms with Crippen molar-refractivity contribution in [2.24, 2.45) is 5.41 Å². The number of rotatable bonds is 5. The fourth-order valence-electron chi connectivity index (χ4n) is 2.65. The van der Waals surface area contributed by atoms with Crippen molar-refractivity contribution in [1.82, 2.24) is 10.6 Å². The van der Waals surface area contributed by atoms with Crippen LogP contribution in [0.2, 0.25) is 5.02 Å². The molecule has 0 unspecified atom stereocenters. The van der Waals surface area contributed by atoms with Crippen LogP contribution in [0, 0.1) is 5.41 Å². The number of amides is 1. The summed E-state index contributed by atoms with van der Waals surface area (Å²) < 4.78 is 6.20. The summed E-state index contributed by atoms with van der Waals surface area (Å²) >= 11 is 9.55. The third-order valence-corrected chi connectivity index (χ3v) is 4.76. The zero-order chi connectivity index (χ0) is 15.3. The first-order valence-electron chi connectivity index (χ1n) is 6.99. The van der Waals surface area contributed by atoms with Gasteiger partial charge in [-0.15, -0.1) is 0 Å². The van der Waals surface area contributed by atoms with Crippen LogP contribution < -0.4 is 10.6 Å². The summed E-state index contributed by atoms with van der Waals surface area (Å²) in [5.74, 6) is 0.0461. The lowest BCUT2D eigenvalue weighted by Crippen LogP contribution is -2.50. The van der Waals surface area contributed by atoms with E-state index in [2.05, 4.69) is 26.6 Å². The fourth-order valence-corrected chi connectivity index (χ4v) is 3.39. The lowest BCUT2D eigenvalue weighted by atomic mass is 9.78. The zero-order valence-corrected chi connectivity index (χ0v) is 14.4. The van der Waals surface area contributed by atoms with Gasteiger partial charge in [0.15, 0.2) is 0 Å². The number of nitrogens with one attached hydrogen (secondary N) is 2. The van der Waals surface area contributed by atoms with Crippen molar-refractivity contribution < 1.29 is 9.53 Å². The van der Waals surface area contributed by atoms with Crippen molar-refractivity contribution in [2.45, 2.75) is 19.4 Å². The van der Waals surface area contributed by atoms with Crippen molar-refractivity contribution in [2.75, 3.05) is 26.8 Å². The number of ether oxygens (including phenoxy) is 1. The average molecular weight is 376 g/mol. The Hall–Kier alpha value is -0.620. The molecular formula is C15H20BrClN2O2. The summed E-state index contributed by atoms with van der Waals surface area (Å²) in [5, 5.41) is 6.94. The molecule has 1 aliphatic heterocycles. The van der Waals surface area contributed by atoms with Gasteiger partial charge in [-0.3, -0.25) is 4.79 Å². The molecule has 0 bridgehead atoms. The predicted octanol–water partition coefficient (Wildman–Crippen LogP) is 2.73. The van der Waals surface area contributed by atoms with Crippen LogP contribution in [-0.2, 0) is 16.1 Å². The van der Waals surface area contributed by atoms with Crippen molar-refractivity contribution in [3.8, 4) is 0 Å². The average Bonchev–Trinajstić information content (AvgIpc) is 2.47. The van der Waals surface area contributed by atoms with Crippen LogP contribution in [0.1, 0.15) is 18.4 Å². The van der Waals surface area contributed by atoms with Crippen LogP contribution >= 0.6 is 27.5 Å². The number of halogens is 2. The third kappa shape index (κ3) is 4.19. The lowest BCUT2D eigenvalue weighted by Gasteiger charge is -2.35. The Bertz CT molecular complexity index is 499. The number of piperidine rings is 1. The minimum Gasteiger partial charge on any atom is -0.384 e. The second kappa shape index (κ2) is 7.58. The van der Waals surface area contributed by atoms with Crippen LogP contribution in [0.5, 0.6) is 0 Å². The molecule has 0 spiro atoms. The highest BCUT2D eigenvalue weighted by Gasteiger charge is 2.39. The Balaban J connectivity index is 2.01. The van der Waals surface area contributed by atoms with E-state index in [0.717, 1.165) is 36.0 Å². The maximum Gasteiger partial charge on any atom is 0.228 e. The summed E-state index contributed by atoms with van der Waals surface area (Å²) in [6.45, 7) is 2.57. The molecule has 1 amide bonds. The van der Waals surface area contributed by atoms with Gasteiger partial charge < -0.3 is 15.4 Å². The highest BCUT2D eigenvalue weighted by Crippen LogP contribution is 2.30. The van der Waals surface area contributed by atoms with E-state index in [9.17, 15) is 4.79 Å². The highest BCUT2D eigenvalue weighted by molar-refractivity contribution is 9.10. The Morgan fingerprint density at radius 3 is 2.81 bits per heavy atom. The van der Waals surface area contributed by atoms with Gasteiger partial charge in [0.25, 0.3) is 0 Å². The molecule has 116 valence electrons. The normalized spacial score (nSPS) is 17.5. The molecule has 1 aromatic carbocycles. The van der Waals surface area contributed by atoms with Gasteiger partial charge >= 0.3 is 0 Å². The maximum absolute atomic E-state index is 12.6. The van der Waals surface area contributed by atoms with Crippen molar-refractivity contribution in [3.63, 3.8) is 0 Å². The summed E-state index contributed by atoms with van der Waals surface area (Å²) in [6, 6.07) is 5.67. The largest absolute Gasteiger partial charge is 0.384 e. The van der Waals surface area contributed by atoms with E-state index in [1.165, 1.54) is 0 Å². The standard InChI is InChI=1S/C15H20BrClN2O2/c1-21-10-15(4-6-18-7-5-15)14(20)19-9-11-2-3-12(16)8-13(11)17/h2-3,8,18H,4-7,9-10H2,1H3,(H,19,20). The molecule has 2 N–H and O–H groups in total. The predicted molar refractivity (Wildman–Crippen MR) is 87.4 cm³/mol. The van der Waals surface area contributed by atoms with Crippen LogP contribution in [0.3, 0.4) is 0 Å². The van der Waals surface area contributed by atoms with Crippen LogP contribution in [-0.4, -0.2) is 32.7 Å². The topological polar surface area (TPSA) is 50.4 Å². The Morgan fingerprint density at radius 1 is 1.48 bits per heavy atom. The van der Waals surface area contributed by atoms with Crippen molar-refractivity contribution in [3.05, 3.63) is 33.3 Å². The maximum atomic E-state index is 12.6. The molecule has 4 nitrogen and oxygen atoms in total. The summed E-state index contributed by atoms with van der Waals surface area (Å²) in [7, 11) is 1.64. The van der Waals surface area contributed by atoms with Gasteiger partial charge in [-0.05, 0) is 43.6 Å². The van der Waals surface area contributed by atoms with Gasteiger partial charge in [0.1, 0.15) is 0 Å². The first kappa shape index (κ1) is 16.7. The molecule has 0 aromatic heterocycles. The molecule has 0 saturated carbocycles. The molecule has 1 saturated heterocycles. The molecular weight excluding hydrogens is 356 g/mol.